The lowest BCUT2D eigenvalue weighted by Crippen LogP contribution is -2.07. The van der Waals surface area contributed by atoms with Crippen LogP contribution in [0.15, 0.2) is 45.5 Å². The molecule has 0 atom stereocenters. The first-order valence-corrected chi connectivity index (χ1v) is 7.24. The minimum absolute atomic E-state index is 0.0564. The summed E-state index contributed by atoms with van der Waals surface area (Å²) in [6.07, 6.45) is 2.35. The molecule has 0 aliphatic heterocycles. The number of nitro groups is 1. The molecule has 0 radical (unpaired) electrons. The Bertz CT molecular complexity index is 587. The van der Waals surface area contributed by atoms with Gasteiger partial charge in [0.1, 0.15) is 18.1 Å². The molecule has 7 heteroatoms. The van der Waals surface area contributed by atoms with Gasteiger partial charge in [-0.15, -0.1) is 0 Å². The van der Waals surface area contributed by atoms with Gasteiger partial charge in [0.2, 0.25) is 0 Å². The van der Waals surface area contributed by atoms with E-state index in [0.29, 0.717) is 29.9 Å². The van der Waals surface area contributed by atoms with Crippen LogP contribution in [0.3, 0.4) is 0 Å². The number of nitro benzene ring substituents is 1. The zero-order valence-corrected chi connectivity index (χ0v) is 12.8. The van der Waals surface area contributed by atoms with E-state index in [1.807, 2.05) is 12.1 Å². The van der Waals surface area contributed by atoms with Gasteiger partial charge in [0.05, 0.1) is 11.2 Å². The second kappa shape index (κ2) is 7.80. The normalized spacial score (nSPS) is 10.5. The second-order valence-corrected chi connectivity index (χ2v) is 5.25. The third kappa shape index (κ3) is 4.87. The van der Waals surface area contributed by atoms with Crippen LogP contribution in [-0.2, 0) is 11.3 Å². The van der Waals surface area contributed by atoms with Crippen molar-refractivity contribution in [1.82, 2.24) is 0 Å². The Morgan fingerprint density at radius 3 is 2.95 bits per heavy atom. The van der Waals surface area contributed by atoms with Crippen molar-refractivity contribution >= 4 is 27.3 Å². The largest absolute Gasteiger partial charge is 0.467 e. The van der Waals surface area contributed by atoms with Crippen molar-refractivity contribution in [3.63, 3.8) is 0 Å². The molecule has 0 saturated carbocycles. The standard InChI is InChI=1S/C14H15BrN2O4/c15-11-4-5-13(14(9-11)17(18)19)16-6-2-7-20-10-12-3-1-8-21-12/h1,3-5,8-9,16H,2,6-7,10H2. The number of halogens is 1. The molecule has 1 aromatic carbocycles. The van der Waals surface area contributed by atoms with Crippen LogP contribution in [0.5, 0.6) is 0 Å². The van der Waals surface area contributed by atoms with Crippen molar-refractivity contribution in [3.8, 4) is 0 Å². The van der Waals surface area contributed by atoms with Crippen LogP contribution in [0.2, 0.25) is 0 Å². The third-order valence-electron chi connectivity index (χ3n) is 2.76. The molecule has 0 saturated heterocycles. The van der Waals surface area contributed by atoms with Crippen LogP contribution in [0.25, 0.3) is 0 Å². The van der Waals surface area contributed by atoms with E-state index in [1.165, 1.54) is 6.07 Å². The molecule has 1 aromatic heterocycles. The van der Waals surface area contributed by atoms with Crippen molar-refractivity contribution in [1.29, 1.82) is 0 Å². The van der Waals surface area contributed by atoms with Gasteiger partial charge < -0.3 is 14.5 Å². The summed E-state index contributed by atoms with van der Waals surface area (Å²) < 4.78 is 11.3. The second-order valence-electron chi connectivity index (χ2n) is 4.33. The van der Waals surface area contributed by atoms with E-state index in [0.717, 1.165) is 12.2 Å². The number of nitrogens with one attached hydrogen (secondary N) is 1. The van der Waals surface area contributed by atoms with E-state index >= 15 is 0 Å². The molecule has 1 N–H and O–H groups in total. The van der Waals surface area contributed by atoms with Gasteiger partial charge in [-0.3, -0.25) is 10.1 Å². The maximum atomic E-state index is 11.0. The van der Waals surface area contributed by atoms with Crippen LogP contribution >= 0.6 is 15.9 Å². The lowest BCUT2D eigenvalue weighted by Gasteiger charge is -2.07. The lowest BCUT2D eigenvalue weighted by molar-refractivity contribution is -0.384. The highest BCUT2D eigenvalue weighted by Gasteiger charge is 2.13. The van der Waals surface area contributed by atoms with Gasteiger partial charge in [-0.05, 0) is 30.7 Å². The fraction of sp³-hybridized carbons (Fsp3) is 0.286. The first-order valence-electron chi connectivity index (χ1n) is 6.45. The summed E-state index contributed by atoms with van der Waals surface area (Å²) in [5.41, 5.74) is 0.565. The highest BCUT2D eigenvalue weighted by Crippen LogP contribution is 2.27. The van der Waals surface area contributed by atoms with Gasteiger partial charge in [-0.1, -0.05) is 15.9 Å². The van der Waals surface area contributed by atoms with Crippen LogP contribution in [-0.4, -0.2) is 18.1 Å². The molecule has 6 nitrogen and oxygen atoms in total. The Labute approximate surface area is 130 Å². The summed E-state index contributed by atoms with van der Waals surface area (Å²) in [6.45, 7) is 1.59. The van der Waals surface area contributed by atoms with Crippen molar-refractivity contribution in [2.24, 2.45) is 0 Å². The number of nitrogens with zero attached hydrogens (tertiary/aromatic N) is 1. The number of rotatable bonds is 8. The smallest absolute Gasteiger partial charge is 0.293 e. The summed E-state index contributed by atoms with van der Waals surface area (Å²) in [5, 5.41) is 14.0. The van der Waals surface area contributed by atoms with Gasteiger partial charge in [-0.25, -0.2) is 0 Å². The zero-order valence-electron chi connectivity index (χ0n) is 11.3. The Morgan fingerprint density at radius 1 is 1.38 bits per heavy atom. The molecule has 0 fully saturated rings. The fourth-order valence-corrected chi connectivity index (χ4v) is 2.12. The van der Waals surface area contributed by atoms with Crippen molar-refractivity contribution in [2.45, 2.75) is 13.0 Å². The molecule has 0 spiro atoms. The number of benzene rings is 1. The summed E-state index contributed by atoms with van der Waals surface area (Å²) in [5.74, 6) is 0.784. The Morgan fingerprint density at radius 2 is 2.24 bits per heavy atom. The van der Waals surface area contributed by atoms with Crippen LogP contribution < -0.4 is 5.32 Å². The van der Waals surface area contributed by atoms with Gasteiger partial charge in [0, 0.05) is 23.7 Å². The molecule has 21 heavy (non-hydrogen) atoms. The quantitative estimate of drug-likeness (QED) is 0.440. The predicted octanol–water partition coefficient (Wildman–Crippen LogP) is 3.97. The van der Waals surface area contributed by atoms with Crippen molar-refractivity contribution in [3.05, 3.63) is 56.9 Å². The Kier molecular flexibility index (Phi) is 5.77. The summed E-state index contributed by atoms with van der Waals surface area (Å²) in [6, 6.07) is 8.60. The molecular formula is C14H15BrN2O4. The minimum atomic E-state index is -0.402. The molecular weight excluding hydrogens is 340 g/mol. The monoisotopic (exact) mass is 354 g/mol. The molecule has 0 amide bonds. The average Bonchev–Trinajstić information content (AvgIpc) is 2.97. The molecule has 112 valence electrons. The molecule has 0 aliphatic rings. The Balaban J connectivity index is 1.72. The maximum absolute atomic E-state index is 11.0. The predicted molar refractivity (Wildman–Crippen MR) is 82.3 cm³/mol. The molecule has 2 rings (SSSR count). The van der Waals surface area contributed by atoms with E-state index < -0.39 is 4.92 Å². The van der Waals surface area contributed by atoms with E-state index in [-0.39, 0.29) is 5.69 Å². The van der Waals surface area contributed by atoms with Gasteiger partial charge in [0.15, 0.2) is 0 Å². The summed E-state index contributed by atoms with van der Waals surface area (Å²) in [7, 11) is 0. The molecule has 0 aliphatic carbocycles. The van der Waals surface area contributed by atoms with Gasteiger partial charge in [0.25, 0.3) is 5.69 Å². The van der Waals surface area contributed by atoms with Crippen LogP contribution in [0.4, 0.5) is 11.4 Å². The van der Waals surface area contributed by atoms with Gasteiger partial charge >= 0.3 is 0 Å². The lowest BCUT2D eigenvalue weighted by atomic mass is 10.2. The summed E-state index contributed by atoms with van der Waals surface area (Å²) in [4.78, 5) is 10.5. The number of anilines is 1. The SMILES string of the molecule is O=[N+]([O-])c1cc(Br)ccc1NCCCOCc1ccco1. The summed E-state index contributed by atoms with van der Waals surface area (Å²) >= 11 is 3.22. The number of hydrogen-bond donors (Lipinski definition) is 1. The van der Waals surface area contributed by atoms with Gasteiger partial charge in [-0.2, -0.15) is 0 Å². The topological polar surface area (TPSA) is 77.5 Å². The molecule has 0 bridgehead atoms. The van der Waals surface area contributed by atoms with E-state index in [9.17, 15) is 10.1 Å². The first kappa shape index (κ1) is 15.5. The molecule has 2 aromatic rings. The van der Waals surface area contributed by atoms with E-state index in [1.54, 1.807) is 18.4 Å². The third-order valence-corrected chi connectivity index (χ3v) is 3.26. The fourth-order valence-electron chi connectivity index (χ4n) is 1.77. The van der Waals surface area contributed by atoms with E-state index in [2.05, 4.69) is 21.2 Å². The van der Waals surface area contributed by atoms with Crippen molar-refractivity contribution < 1.29 is 14.1 Å². The highest BCUT2D eigenvalue weighted by atomic mass is 79.9. The zero-order chi connectivity index (χ0) is 15.1. The minimum Gasteiger partial charge on any atom is -0.467 e. The number of hydrogen-bond acceptors (Lipinski definition) is 5. The number of furan rings is 1. The van der Waals surface area contributed by atoms with Crippen molar-refractivity contribution in [2.75, 3.05) is 18.5 Å². The highest BCUT2D eigenvalue weighted by molar-refractivity contribution is 9.10. The Hall–Kier alpha value is -1.86. The average molecular weight is 355 g/mol. The molecule has 1 heterocycles. The van der Waals surface area contributed by atoms with E-state index in [4.69, 9.17) is 9.15 Å². The van der Waals surface area contributed by atoms with Crippen LogP contribution in [0.1, 0.15) is 12.2 Å². The van der Waals surface area contributed by atoms with Crippen LogP contribution in [0, 0.1) is 10.1 Å². The number of ether oxygens (including phenoxy) is 1. The first-order chi connectivity index (χ1) is 10.2. The molecule has 0 unspecified atom stereocenters. The maximum Gasteiger partial charge on any atom is 0.293 e.